The van der Waals surface area contributed by atoms with Crippen LogP contribution in [0, 0.1) is 0 Å². The molecule has 0 aliphatic heterocycles. The number of halogens is 3. The van der Waals surface area contributed by atoms with Gasteiger partial charge in [0, 0.05) is 26.1 Å². The molecule has 0 aliphatic rings. The molecule has 6 heteroatoms. The second-order valence-corrected chi connectivity index (χ2v) is 4.40. The molecule has 0 aromatic heterocycles. The summed E-state index contributed by atoms with van der Waals surface area (Å²) in [6.07, 6.45) is -5.26. The van der Waals surface area contributed by atoms with Crippen LogP contribution in [0.4, 0.5) is 13.2 Å². The van der Waals surface area contributed by atoms with E-state index in [4.69, 9.17) is 5.73 Å². The van der Waals surface area contributed by atoms with Gasteiger partial charge in [-0.3, -0.25) is 4.79 Å². The first-order valence-corrected chi connectivity index (χ1v) is 5.91. The maximum atomic E-state index is 12.0. The van der Waals surface area contributed by atoms with Crippen molar-refractivity contribution in [1.82, 2.24) is 4.90 Å². The van der Waals surface area contributed by atoms with Crippen molar-refractivity contribution >= 4 is 5.91 Å². The summed E-state index contributed by atoms with van der Waals surface area (Å²) in [6.45, 7) is -0.343. The summed E-state index contributed by atoms with van der Waals surface area (Å²) in [5.74, 6) is -0.388. The minimum absolute atomic E-state index is 0.00162. The normalized spacial score (nSPS) is 13.1. The first kappa shape index (κ1) is 15.5. The average molecular weight is 274 g/mol. The molecule has 0 aliphatic carbocycles. The van der Waals surface area contributed by atoms with Gasteiger partial charge < -0.3 is 10.6 Å². The molecule has 0 saturated carbocycles. The molecule has 0 spiro atoms. The molecule has 1 aromatic carbocycles. The number of nitrogens with zero attached hydrogens (tertiary/aromatic N) is 1. The van der Waals surface area contributed by atoms with Gasteiger partial charge in [0.25, 0.3) is 0 Å². The summed E-state index contributed by atoms with van der Waals surface area (Å²) >= 11 is 0. The van der Waals surface area contributed by atoms with E-state index in [1.165, 1.54) is 7.05 Å². The van der Waals surface area contributed by atoms with Crippen LogP contribution >= 0.6 is 0 Å². The topological polar surface area (TPSA) is 46.3 Å². The number of hydrogen-bond acceptors (Lipinski definition) is 2. The van der Waals surface area contributed by atoms with Gasteiger partial charge in [0.2, 0.25) is 5.91 Å². The molecule has 1 atom stereocenters. The number of benzene rings is 1. The summed E-state index contributed by atoms with van der Waals surface area (Å²) in [4.78, 5) is 12.8. The van der Waals surface area contributed by atoms with Crippen molar-refractivity contribution in [3.05, 3.63) is 35.9 Å². The lowest BCUT2D eigenvalue weighted by Crippen LogP contribution is -2.32. The standard InChI is InChI=1S/C13H17F3N2O/c1-18(8-7-13(14,15)16)12(19)9-11(17)10-5-3-2-4-6-10/h2-6,11H,7-9,17H2,1H3. The highest BCUT2D eigenvalue weighted by atomic mass is 19.4. The van der Waals surface area contributed by atoms with Gasteiger partial charge in [-0.15, -0.1) is 0 Å². The molecule has 19 heavy (non-hydrogen) atoms. The number of rotatable bonds is 5. The highest BCUT2D eigenvalue weighted by Crippen LogP contribution is 2.20. The van der Waals surface area contributed by atoms with Crippen LogP contribution in [-0.2, 0) is 4.79 Å². The molecule has 1 aromatic rings. The summed E-state index contributed by atoms with van der Waals surface area (Å²) in [6, 6.07) is 8.50. The fraction of sp³-hybridized carbons (Fsp3) is 0.462. The van der Waals surface area contributed by atoms with E-state index in [0.717, 1.165) is 10.5 Å². The van der Waals surface area contributed by atoms with Crippen LogP contribution in [0.5, 0.6) is 0 Å². The minimum Gasteiger partial charge on any atom is -0.345 e. The van der Waals surface area contributed by atoms with Crippen LogP contribution in [-0.4, -0.2) is 30.6 Å². The first-order valence-electron chi connectivity index (χ1n) is 5.91. The minimum atomic E-state index is -4.25. The van der Waals surface area contributed by atoms with Gasteiger partial charge in [-0.25, -0.2) is 0 Å². The SMILES string of the molecule is CN(CCC(F)(F)F)C(=O)CC(N)c1ccccc1. The van der Waals surface area contributed by atoms with Crippen molar-refractivity contribution < 1.29 is 18.0 Å². The average Bonchev–Trinajstić information content (AvgIpc) is 2.36. The molecular formula is C13H17F3N2O. The van der Waals surface area contributed by atoms with E-state index < -0.39 is 18.6 Å². The highest BCUT2D eigenvalue weighted by molar-refractivity contribution is 5.76. The highest BCUT2D eigenvalue weighted by Gasteiger charge is 2.28. The molecule has 0 saturated heterocycles. The summed E-state index contributed by atoms with van der Waals surface area (Å²) in [7, 11) is 1.35. The maximum absolute atomic E-state index is 12.0. The lowest BCUT2D eigenvalue weighted by atomic mass is 10.0. The molecule has 0 heterocycles. The van der Waals surface area contributed by atoms with Crippen molar-refractivity contribution in [1.29, 1.82) is 0 Å². The third kappa shape index (κ3) is 5.74. The second kappa shape index (κ2) is 6.56. The lowest BCUT2D eigenvalue weighted by Gasteiger charge is -2.20. The van der Waals surface area contributed by atoms with Crippen LogP contribution in [0.1, 0.15) is 24.4 Å². The molecular weight excluding hydrogens is 257 g/mol. The van der Waals surface area contributed by atoms with Gasteiger partial charge in [0.15, 0.2) is 0 Å². The van der Waals surface area contributed by atoms with Gasteiger partial charge in [-0.2, -0.15) is 13.2 Å². The number of hydrogen-bond donors (Lipinski definition) is 1. The third-order valence-corrected chi connectivity index (χ3v) is 2.78. The van der Waals surface area contributed by atoms with Gasteiger partial charge in [0.05, 0.1) is 6.42 Å². The van der Waals surface area contributed by atoms with Gasteiger partial charge in [-0.1, -0.05) is 30.3 Å². The monoisotopic (exact) mass is 274 g/mol. The Kier molecular flexibility index (Phi) is 5.35. The number of amides is 1. The summed E-state index contributed by atoms with van der Waals surface area (Å²) in [5, 5.41) is 0. The molecule has 1 amide bonds. The lowest BCUT2D eigenvalue weighted by molar-refractivity contribution is -0.144. The Balaban J connectivity index is 2.46. The largest absolute Gasteiger partial charge is 0.390 e. The quantitative estimate of drug-likeness (QED) is 0.896. The van der Waals surface area contributed by atoms with Crippen LogP contribution in [0.15, 0.2) is 30.3 Å². The van der Waals surface area contributed by atoms with Crippen LogP contribution in [0.3, 0.4) is 0 Å². The van der Waals surface area contributed by atoms with E-state index in [9.17, 15) is 18.0 Å². The third-order valence-electron chi connectivity index (χ3n) is 2.78. The van der Waals surface area contributed by atoms with E-state index in [1.807, 2.05) is 6.07 Å². The molecule has 1 rings (SSSR count). The van der Waals surface area contributed by atoms with Crippen LogP contribution in [0.25, 0.3) is 0 Å². The fourth-order valence-corrected chi connectivity index (χ4v) is 1.58. The first-order chi connectivity index (χ1) is 8.79. The summed E-state index contributed by atoms with van der Waals surface area (Å²) in [5.41, 5.74) is 6.64. The van der Waals surface area contributed by atoms with Crippen LogP contribution < -0.4 is 5.73 Å². The molecule has 3 nitrogen and oxygen atoms in total. The zero-order valence-electron chi connectivity index (χ0n) is 10.7. The van der Waals surface area contributed by atoms with Crippen LogP contribution in [0.2, 0.25) is 0 Å². The predicted octanol–water partition coefficient (Wildman–Crippen LogP) is 2.49. The van der Waals surface area contributed by atoms with Crippen molar-refractivity contribution in [3.8, 4) is 0 Å². The molecule has 1 unspecified atom stereocenters. The molecule has 106 valence electrons. The maximum Gasteiger partial charge on any atom is 0.390 e. The Morgan fingerprint density at radius 2 is 1.89 bits per heavy atom. The number of carbonyl (C=O) groups is 1. The molecule has 0 radical (unpaired) electrons. The van der Waals surface area contributed by atoms with Gasteiger partial charge in [-0.05, 0) is 5.56 Å². The van der Waals surface area contributed by atoms with Crippen molar-refractivity contribution in [2.45, 2.75) is 25.1 Å². The van der Waals surface area contributed by atoms with E-state index in [2.05, 4.69) is 0 Å². The van der Waals surface area contributed by atoms with Crippen molar-refractivity contribution in [2.24, 2.45) is 5.73 Å². The Morgan fingerprint density at radius 3 is 2.42 bits per heavy atom. The second-order valence-electron chi connectivity index (χ2n) is 4.40. The number of nitrogens with two attached hydrogens (primary N) is 1. The summed E-state index contributed by atoms with van der Waals surface area (Å²) < 4.78 is 36.1. The Labute approximate surface area is 110 Å². The Morgan fingerprint density at radius 1 is 1.32 bits per heavy atom. The molecule has 0 fully saturated rings. The molecule has 0 bridgehead atoms. The fourth-order valence-electron chi connectivity index (χ4n) is 1.58. The zero-order valence-corrected chi connectivity index (χ0v) is 10.7. The van der Waals surface area contributed by atoms with E-state index >= 15 is 0 Å². The smallest absolute Gasteiger partial charge is 0.345 e. The Hall–Kier alpha value is -1.56. The van der Waals surface area contributed by atoms with Gasteiger partial charge in [0.1, 0.15) is 0 Å². The number of alkyl halides is 3. The predicted molar refractivity (Wildman–Crippen MR) is 66.3 cm³/mol. The number of carbonyl (C=O) groups excluding carboxylic acids is 1. The van der Waals surface area contributed by atoms with Crippen molar-refractivity contribution in [2.75, 3.05) is 13.6 Å². The van der Waals surface area contributed by atoms with Crippen molar-refractivity contribution in [3.63, 3.8) is 0 Å². The van der Waals surface area contributed by atoms with Gasteiger partial charge >= 0.3 is 6.18 Å². The molecule has 2 N–H and O–H groups in total. The van der Waals surface area contributed by atoms with E-state index in [-0.39, 0.29) is 18.9 Å². The Bertz CT molecular complexity index is 406. The van der Waals surface area contributed by atoms with E-state index in [1.54, 1.807) is 24.3 Å². The zero-order chi connectivity index (χ0) is 14.5. The van der Waals surface area contributed by atoms with E-state index in [0.29, 0.717) is 0 Å².